The Balaban J connectivity index is 1.39. The number of nitrogens with zero attached hydrogens (tertiary/aromatic N) is 4. The molecule has 7 nitrogen and oxygen atoms in total. The van der Waals surface area contributed by atoms with Crippen molar-refractivity contribution < 1.29 is 22.6 Å². The number of aromatic nitrogens is 2. The molecule has 1 unspecified atom stereocenters. The highest BCUT2D eigenvalue weighted by Gasteiger charge is 2.36. The lowest BCUT2D eigenvalue weighted by molar-refractivity contribution is -0.0494. The summed E-state index contributed by atoms with van der Waals surface area (Å²) >= 11 is 0. The molecule has 0 spiro atoms. The van der Waals surface area contributed by atoms with Gasteiger partial charge in [0.25, 0.3) is 17.7 Å². The van der Waals surface area contributed by atoms with Gasteiger partial charge in [0, 0.05) is 78.1 Å². The van der Waals surface area contributed by atoms with Crippen LogP contribution in [0.2, 0.25) is 0 Å². The summed E-state index contributed by atoms with van der Waals surface area (Å²) in [6, 6.07) is 10.7. The number of fused-ring (bicyclic) bond motifs is 1. The Hall–Kier alpha value is -3.14. The van der Waals surface area contributed by atoms with E-state index in [2.05, 4.69) is 4.98 Å². The molecular formula is C23H22F2N4O3S. The normalized spacial score (nSPS) is 20.4. The Bertz CT molecular complexity index is 1270. The smallest absolute Gasteiger partial charge is 0.255 e. The van der Waals surface area contributed by atoms with E-state index in [4.69, 9.17) is 0 Å². The zero-order valence-corrected chi connectivity index (χ0v) is 18.6. The van der Waals surface area contributed by atoms with E-state index in [9.17, 15) is 22.6 Å². The minimum Gasteiger partial charge on any atom is -0.338 e. The fraction of sp³-hybridized carbons (Fsp3) is 0.348. The van der Waals surface area contributed by atoms with Gasteiger partial charge in [0.05, 0.1) is 11.4 Å². The first-order valence-electron chi connectivity index (χ1n) is 10.7. The number of amides is 2. The number of carbonyl (C=O) groups excluding carboxylic acids is 2. The Morgan fingerprint density at radius 2 is 1.73 bits per heavy atom. The zero-order chi connectivity index (χ0) is 23.2. The highest BCUT2D eigenvalue weighted by molar-refractivity contribution is 7.85. The lowest BCUT2D eigenvalue weighted by Gasteiger charge is -2.31. The molecule has 2 aliphatic rings. The van der Waals surface area contributed by atoms with Crippen LogP contribution < -0.4 is 0 Å². The Kier molecular flexibility index (Phi) is 5.48. The maximum atomic E-state index is 13.4. The predicted molar refractivity (Wildman–Crippen MR) is 120 cm³/mol. The number of piperidine rings is 1. The number of hydrogen-bond acceptors (Lipinski definition) is 4. The molecule has 5 rings (SSSR count). The van der Waals surface area contributed by atoms with Gasteiger partial charge in [-0.3, -0.25) is 13.8 Å². The minimum atomic E-state index is -2.71. The van der Waals surface area contributed by atoms with Gasteiger partial charge < -0.3 is 14.4 Å². The third kappa shape index (κ3) is 4.27. The van der Waals surface area contributed by atoms with Crippen molar-refractivity contribution in [3.8, 4) is 5.69 Å². The number of halogens is 2. The van der Waals surface area contributed by atoms with Gasteiger partial charge in [0.2, 0.25) is 0 Å². The molecule has 2 amide bonds. The highest BCUT2D eigenvalue weighted by Crippen LogP contribution is 2.29. The molecular weight excluding hydrogens is 450 g/mol. The van der Waals surface area contributed by atoms with Gasteiger partial charge in [-0.1, -0.05) is 6.07 Å². The Morgan fingerprint density at radius 3 is 2.45 bits per heavy atom. The summed E-state index contributed by atoms with van der Waals surface area (Å²) in [6.45, 7) is 0.530. The van der Waals surface area contributed by atoms with E-state index < -0.39 is 16.7 Å². The van der Waals surface area contributed by atoms with Gasteiger partial charge in [-0.05, 0) is 30.3 Å². The Labute approximate surface area is 191 Å². The van der Waals surface area contributed by atoms with Crippen molar-refractivity contribution in [2.45, 2.75) is 18.8 Å². The van der Waals surface area contributed by atoms with Crippen LogP contribution in [-0.2, 0) is 10.8 Å². The van der Waals surface area contributed by atoms with Gasteiger partial charge in [0.15, 0.2) is 0 Å². The minimum absolute atomic E-state index is 0.0241. The molecule has 0 N–H and O–H groups in total. The fourth-order valence-electron chi connectivity index (χ4n) is 4.22. The topological polar surface area (TPSA) is 75.5 Å². The van der Waals surface area contributed by atoms with Crippen LogP contribution in [0.1, 0.15) is 33.6 Å². The van der Waals surface area contributed by atoms with Crippen molar-refractivity contribution in [1.29, 1.82) is 0 Å². The molecule has 1 atom stereocenters. The van der Waals surface area contributed by atoms with E-state index in [0.29, 0.717) is 29.1 Å². The number of hydrogen-bond donors (Lipinski definition) is 0. The van der Waals surface area contributed by atoms with Crippen LogP contribution in [0.15, 0.2) is 48.8 Å². The van der Waals surface area contributed by atoms with Crippen LogP contribution in [0.4, 0.5) is 8.78 Å². The second-order valence-electron chi connectivity index (χ2n) is 8.36. The first-order valence-corrected chi connectivity index (χ1v) is 12.2. The van der Waals surface area contributed by atoms with Crippen molar-refractivity contribution >= 4 is 33.6 Å². The summed E-state index contributed by atoms with van der Waals surface area (Å²) in [7, 11) is -0.991. The van der Waals surface area contributed by atoms with Crippen LogP contribution in [0.5, 0.6) is 0 Å². The van der Waals surface area contributed by atoms with Gasteiger partial charge in [-0.15, -0.1) is 0 Å². The molecule has 0 aliphatic carbocycles. The molecule has 2 aromatic heterocycles. The molecule has 2 aliphatic heterocycles. The van der Waals surface area contributed by atoms with E-state index in [0.717, 1.165) is 11.1 Å². The second-order valence-corrected chi connectivity index (χ2v) is 9.91. The summed E-state index contributed by atoms with van der Waals surface area (Å²) in [5, 5.41) is 0.731. The summed E-state index contributed by atoms with van der Waals surface area (Å²) in [6.07, 6.45) is 2.62. The largest absolute Gasteiger partial charge is 0.338 e. The van der Waals surface area contributed by atoms with Crippen LogP contribution in [0, 0.1) is 0 Å². The maximum Gasteiger partial charge on any atom is 0.255 e. The van der Waals surface area contributed by atoms with Gasteiger partial charge >= 0.3 is 0 Å². The fourth-order valence-corrected chi connectivity index (χ4v) is 5.36. The molecule has 1 aromatic carbocycles. The highest BCUT2D eigenvalue weighted by atomic mass is 32.2. The van der Waals surface area contributed by atoms with Crippen LogP contribution >= 0.6 is 0 Å². The van der Waals surface area contributed by atoms with Gasteiger partial charge in [-0.2, -0.15) is 0 Å². The molecule has 172 valence electrons. The van der Waals surface area contributed by atoms with Crippen LogP contribution in [0.3, 0.4) is 0 Å². The van der Waals surface area contributed by atoms with E-state index in [-0.39, 0.29) is 43.6 Å². The van der Waals surface area contributed by atoms with Gasteiger partial charge in [-0.25, -0.2) is 13.8 Å². The molecule has 33 heavy (non-hydrogen) atoms. The quantitative estimate of drug-likeness (QED) is 0.587. The average Bonchev–Trinajstić information content (AvgIpc) is 3.44. The number of benzene rings is 1. The van der Waals surface area contributed by atoms with Crippen LogP contribution in [0.25, 0.3) is 16.7 Å². The van der Waals surface area contributed by atoms with Gasteiger partial charge in [0.1, 0.15) is 5.65 Å². The zero-order valence-electron chi connectivity index (χ0n) is 17.7. The number of pyridine rings is 1. The molecule has 4 heterocycles. The Morgan fingerprint density at radius 1 is 0.970 bits per heavy atom. The molecule has 10 heteroatoms. The number of rotatable bonds is 3. The van der Waals surface area contributed by atoms with Crippen molar-refractivity contribution in [2.24, 2.45) is 0 Å². The second kappa shape index (κ2) is 8.33. The van der Waals surface area contributed by atoms with E-state index in [1.165, 1.54) is 11.1 Å². The molecule has 0 saturated carbocycles. The summed E-state index contributed by atoms with van der Waals surface area (Å²) < 4.78 is 40.3. The molecule has 2 saturated heterocycles. The molecule has 3 aromatic rings. The average molecular weight is 473 g/mol. The molecule has 0 radical (unpaired) electrons. The molecule has 2 fully saturated rings. The first-order chi connectivity index (χ1) is 15.8. The lowest BCUT2D eigenvalue weighted by atomic mass is 10.1. The summed E-state index contributed by atoms with van der Waals surface area (Å²) in [5.41, 5.74) is 2.21. The maximum absolute atomic E-state index is 13.4. The summed E-state index contributed by atoms with van der Waals surface area (Å²) in [5.74, 6) is -2.42. The number of alkyl halides is 2. The van der Waals surface area contributed by atoms with Crippen molar-refractivity contribution in [3.05, 3.63) is 59.9 Å². The SMILES string of the molecule is O=C(c1cnc2c(ccn2-c2cccc(C(=O)N3CCS(=O)C3)c2)c1)N1CCC(F)(F)CC1. The number of carbonyl (C=O) groups is 2. The predicted octanol–water partition coefficient (Wildman–Crippen LogP) is 3.06. The molecule has 0 bridgehead atoms. The van der Waals surface area contributed by atoms with Crippen LogP contribution in [-0.4, -0.2) is 72.6 Å². The van der Waals surface area contributed by atoms with E-state index >= 15 is 0 Å². The van der Waals surface area contributed by atoms with E-state index in [1.54, 1.807) is 29.2 Å². The van der Waals surface area contributed by atoms with Crippen molar-refractivity contribution in [2.75, 3.05) is 31.3 Å². The number of likely N-dealkylation sites (tertiary alicyclic amines) is 1. The first kappa shape index (κ1) is 21.7. The third-order valence-corrected chi connectivity index (χ3v) is 7.34. The monoisotopic (exact) mass is 472 g/mol. The van der Waals surface area contributed by atoms with Crippen molar-refractivity contribution in [3.63, 3.8) is 0 Å². The third-order valence-electron chi connectivity index (χ3n) is 6.10. The van der Waals surface area contributed by atoms with E-state index in [1.807, 2.05) is 22.9 Å². The standard InChI is InChI=1S/C23H22F2N4O3S/c24-23(25)5-8-27(9-6-23)22(31)18-12-16-4-7-29(20(16)26-14-18)19-3-1-2-17(13-19)21(30)28-10-11-33(32)15-28/h1-4,7,12-14H,5-6,8-11,15H2. The van der Waals surface area contributed by atoms with Crippen molar-refractivity contribution in [1.82, 2.24) is 19.4 Å². The summed E-state index contributed by atoms with van der Waals surface area (Å²) in [4.78, 5) is 33.0. The lowest BCUT2D eigenvalue weighted by Crippen LogP contribution is -2.42.